The van der Waals surface area contributed by atoms with Crippen LogP contribution in [0.4, 0.5) is 10.4 Å². The molecule has 2 aliphatic heterocycles. The van der Waals surface area contributed by atoms with Crippen LogP contribution in [0.2, 0.25) is 0 Å². The number of hydrogen-bond acceptors (Lipinski definition) is 8. The molecule has 0 saturated carbocycles. The molecule has 190 valence electrons. The van der Waals surface area contributed by atoms with Gasteiger partial charge in [0.15, 0.2) is 0 Å². The molecule has 9 nitrogen and oxygen atoms in total. The molecule has 2 aromatic heterocycles. The number of rotatable bonds is 8. The lowest BCUT2D eigenvalue weighted by atomic mass is 9.96. The van der Waals surface area contributed by atoms with Gasteiger partial charge in [0.1, 0.15) is 11.6 Å². The third-order valence-corrected chi connectivity index (χ3v) is 7.01. The van der Waals surface area contributed by atoms with Gasteiger partial charge in [0.2, 0.25) is 11.7 Å². The van der Waals surface area contributed by atoms with E-state index in [1.807, 2.05) is 29.2 Å². The van der Waals surface area contributed by atoms with Crippen molar-refractivity contribution >= 4 is 11.9 Å². The summed E-state index contributed by atoms with van der Waals surface area (Å²) in [4.78, 5) is 25.8. The van der Waals surface area contributed by atoms with Crippen molar-refractivity contribution in [3.63, 3.8) is 0 Å². The first-order valence-electron chi connectivity index (χ1n) is 12.4. The van der Waals surface area contributed by atoms with Crippen molar-refractivity contribution < 1.29 is 18.4 Å². The van der Waals surface area contributed by atoms with Gasteiger partial charge in [0, 0.05) is 44.2 Å². The molecule has 1 amide bonds. The maximum atomic E-state index is 13.1. The highest BCUT2D eigenvalue weighted by Gasteiger charge is 2.29. The van der Waals surface area contributed by atoms with Crippen molar-refractivity contribution in [1.29, 1.82) is 0 Å². The summed E-state index contributed by atoms with van der Waals surface area (Å²) >= 11 is 0. The first kappa shape index (κ1) is 24.2. The van der Waals surface area contributed by atoms with Gasteiger partial charge >= 0.3 is 6.01 Å². The van der Waals surface area contributed by atoms with E-state index in [-0.39, 0.29) is 17.6 Å². The van der Waals surface area contributed by atoms with E-state index < -0.39 is 0 Å². The molecule has 5 rings (SSSR count). The number of hydrogen-bond donors (Lipinski definition) is 1. The van der Waals surface area contributed by atoms with Gasteiger partial charge in [-0.3, -0.25) is 14.7 Å². The van der Waals surface area contributed by atoms with Crippen molar-refractivity contribution in [2.75, 3.05) is 44.7 Å². The molecule has 4 heterocycles. The summed E-state index contributed by atoms with van der Waals surface area (Å²) in [5.74, 6) is 1.53. The van der Waals surface area contributed by atoms with E-state index >= 15 is 0 Å². The van der Waals surface area contributed by atoms with E-state index in [0.717, 1.165) is 49.4 Å². The van der Waals surface area contributed by atoms with E-state index in [4.69, 9.17) is 9.26 Å². The maximum Gasteiger partial charge on any atom is 0.324 e. The van der Waals surface area contributed by atoms with Crippen LogP contribution in [0.15, 0.2) is 47.1 Å². The van der Waals surface area contributed by atoms with Crippen LogP contribution >= 0.6 is 0 Å². The Labute approximate surface area is 209 Å². The molecule has 36 heavy (non-hydrogen) atoms. The number of methoxy groups -OCH3 is 1. The van der Waals surface area contributed by atoms with Crippen LogP contribution in [0.25, 0.3) is 11.4 Å². The van der Waals surface area contributed by atoms with Crippen LogP contribution in [-0.4, -0.2) is 65.8 Å². The number of nitrogens with one attached hydrogen (secondary N) is 1. The minimum absolute atomic E-state index is 0.00819. The smallest absolute Gasteiger partial charge is 0.324 e. The lowest BCUT2D eigenvalue weighted by Gasteiger charge is -2.30. The number of halogens is 1. The molecule has 1 atom stereocenters. The van der Waals surface area contributed by atoms with Crippen LogP contribution < -0.4 is 15.0 Å². The lowest BCUT2D eigenvalue weighted by molar-refractivity contribution is -0.125. The van der Waals surface area contributed by atoms with Crippen LogP contribution in [0.1, 0.15) is 25.0 Å². The topological polar surface area (TPSA) is 96.6 Å². The highest BCUT2D eigenvalue weighted by atomic mass is 19.1. The van der Waals surface area contributed by atoms with Crippen molar-refractivity contribution in [2.45, 2.75) is 25.8 Å². The molecule has 3 aromatic rings. The van der Waals surface area contributed by atoms with E-state index in [1.165, 1.54) is 12.3 Å². The first-order chi connectivity index (χ1) is 17.6. The van der Waals surface area contributed by atoms with Crippen molar-refractivity contribution in [3.05, 3.63) is 54.1 Å². The number of carbonyl (C=O) groups is 1. The number of benzene rings is 1. The van der Waals surface area contributed by atoms with Gasteiger partial charge in [-0.2, -0.15) is 4.98 Å². The predicted molar refractivity (Wildman–Crippen MR) is 132 cm³/mol. The molecular formula is C26H31FN6O3. The van der Waals surface area contributed by atoms with Crippen LogP contribution in [0, 0.1) is 17.7 Å². The fourth-order valence-electron chi connectivity index (χ4n) is 4.88. The highest BCUT2D eigenvalue weighted by molar-refractivity contribution is 5.79. The van der Waals surface area contributed by atoms with Gasteiger partial charge in [0.25, 0.3) is 0 Å². The Morgan fingerprint density at radius 2 is 1.94 bits per heavy atom. The molecule has 1 aromatic carbocycles. The normalized spacial score (nSPS) is 18.9. The van der Waals surface area contributed by atoms with Gasteiger partial charge in [-0.1, -0.05) is 5.16 Å². The van der Waals surface area contributed by atoms with E-state index in [1.54, 1.807) is 13.2 Å². The molecule has 2 saturated heterocycles. The number of aromatic nitrogens is 3. The zero-order chi connectivity index (χ0) is 24.9. The second-order valence-corrected chi connectivity index (χ2v) is 9.49. The van der Waals surface area contributed by atoms with E-state index in [2.05, 4.69) is 25.3 Å². The Kier molecular flexibility index (Phi) is 7.41. The minimum atomic E-state index is -0.318. The molecule has 1 unspecified atom stereocenters. The number of piperidine rings is 1. The second-order valence-electron chi connectivity index (χ2n) is 9.49. The number of nitrogens with zero attached hydrogens (tertiary/aromatic N) is 5. The summed E-state index contributed by atoms with van der Waals surface area (Å²) in [6, 6.07) is 11.2. The van der Waals surface area contributed by atoms with Crippen molar-refractivity contribution in [3.8, 4) is 17.1 Å². The molecule has 1 N–H and O–H groups in total. The first-order valence-corrected chi connectivity index (χ1v) is 12.4. The summed E-state index contributed by atoms with van der Waals surface area (Å²) < 4.78 is 23.7. The maximum absolute atomic E-state index is 13.1. The summed E-state index contributed by atoms with van der Waals surface area (Å²) in [5, 5.41) is 7.27. The van der Waals surface area contributed by atoms with Gasteiger partial charge in [-0.25, -0.2) is 4.39 Å². The largest absolute Gasteiger partial charge is 0.497 e. The molecular weight excluding hydrogens is 463 g/mol. The standard InChI is InChI=1S/C26H31FN6O3/c1-35-23-6-2-19(3-7-23)24-30-26(36-31-24)33-12-9-20(10-13-33)25(34)29-14-18-8-11-32(16-18)17-22-5-4-21(27)15-28-22/h2-7,15,18,20H,8-14,16-17H2,1H3,(H,29,34). The number of anilines is 1. The van der Waals surface area contributed by atoms with Gasteiger partial charge < -0.3 is 19.5 Å². The predicted octanol–water partition coefficient (Wildman–Crippen LogP) is 3.13. The second kappa shape index (κ2) is 11.0. The molecule has 2 aliphatic rings. The van der Waals surface area contributed by atoms with Crippen molar-refractivity contribution in [1.82, 2.24) is 25.3 Å². The third-order valence-electron chi connectivity index (χ3n) is 7.01. The summed E-state index contributed by atoms with van der Waals surface area (Å²) in [7, 11) is 1.63. The summed E-state index contributed by atoms with van der Waals surface area (Å²) in [6.07, 6.45) is 3.79. The molecule has 0 bridgehead atoms. The molecule has 0 spiro atoms. The van der Waals surface area contributed by atoms with Crippen LogP contribution in [0.5, 0.6) is 5.75 Å². The number of likely N-dealkylation sites (tertiary alicyclic amines) is 1. The molecule has 0 aliphatic carbocycles. The van der Waals surface area contributed by atoms with Gasteiger partial charge in [0.05, 0.1) is 19.0 Å². The SMILES string of the molecule is COc1ccc(-c2noc(N3CCC(C(=O)NCC4CCN(Cc5ccc(F)cn5)C4)CC3)n2)cc1. The average Bonchev–Trinajstić information content (AvgIpc) is 3.59. The van der Waals surface area contributed by atoms with E-state index in [0.29, 0.717) is 43.9 Å². The summed E-state index contributed by atoms with van der Waals surface area (Å²) in [5.41, 5.74) is 1.73. The zero-order valence-electron chi connectivity index (χ0n) is 20.4. The monoisotopic (exact) mass is 494 g/mol. The van der Waals surface area contributed by atoms with Gasteiger partial charge in [-0.15, -0.1) is 0 Å². The van der Waals surface area contributed by atoms with Gasteiger partial charge in [-0.05, 0) is 68.1 Å². The lowest BCUT2D eigenvalue weighted by Crippen LogP contribution is -2.42. The Balaban J connectivity index is 1.04. The Bertz CT molecular complexity index is 1150. The fraction of sp³-hybridized carbons (Fsp3) is 0.462. The zero-order valence-corrected chi connectivity index (χ0v) is 20.4. The number of pyridine rings is 1. The number of ether oxygens (including phenoxy) is 1. The quantitative estimate of drug-likeness (QED) is 0.510. The highest BCUT2D eigenvalue weighted by Crippen LogP contribution is 2.26. The van der Waals surface area contributed by atoms with Crippen molar-refractivity contribution in [2.24, 2.45) is 11.8 Å². The Morgan fingerprint density at radius 1 is 1.14 bits per heavy atom. The van der Waals surface area contributed by atoms with E-state index in [9.17, 15) is 9.18 Å². The number of amides is 1. The number of carbonyl (C=O) groups excluding carboxylic acids is 1. The molecule has 2 fully saturated rings. The molecule has 0 radical (unpaired) electrons. The molecule has 10 heteroatoms. The van der Waals surface area contributed by atoms with Crippen LogP contribution in [-0.2, 0) is 11.3 Å². The fourth-order valence-corrected chi connectivity index (χ4v) is 4.88. The Morgan fingerprint density at radius 3 is 2.67 bits per heavy atom. The average molecular weight is 495 g/mol. The summed E-state index contributed by atoms with van der Waals surface area (Å²) in [6.45, 7) is 4.65. The van der Waals surface area contributed by atoms with Crippen LogP contribution in [0.3, 0.4) is 0 Å². The third kappa shape index (κ3) is 5.81. The Hall–Kier alpha value is -3.53. The minimum Gasteiger partial charge on any atom is -0.497 e.